The smallest absolute Gasteiger partial charge is 0.187 e. The lowest BCUT2D eigenvalue weighted by atomic mass is 9.35. The molecule has 0 aromatic heterocycles. The van der Waals surface area contributed by atoms with Crippen molar-refractivity contribution in [1.29, 1.82) is 0 Å². The molecule has 0 aromatic carbocycles. The monoisotopic (exact) mass is 803 g/mol. The van der Waals surface area contributed by atoms with Crippen LogP contribution in [0.25, 0.3) is 0 Å². The summed E-state index contributed by atoms with van der Waals surface area (Å²) in [5.74, 6) is 0.282. The molecule has 326 valence electrons. The molecule has 6 rings (SSSR count). The van der Waals surface area contributed by atoms with E-state index in [1.807, 2.05) is 6.92 Å². The van der Waals surface area contributed by atoms with Crippen LogP contribution in [0.2, 0.25) is 0 Å². The highest BCUT2D eigenvalue weighted by molar-refractivity contribution is 5.20. The second kappa shape index (κ2) is 15.7. The molecule has 1 unspecified atom stereocenters. The Morgan fingerprint density at radius 3 is 1.84 bits per heavy atom. The van der Waals surface area contributed by atoms with Gasteiger partial charge in [0.15, 0.2) is 12.6 Å². The Labute approximate surface area is 332 Å². The highest BCUT2D eigenvalue weighted by Crippen LogP contribution is 2.76. The fourth-order valence-corrected chi connectivity index (χ4v) is 13.5. The van der Waals surface area contributed by atoms with Crippen molar-refractivity contribution in [2.45, 2.75) is 204 Å². The standard InChI is InChI=1S/C42H74O14/c1-37(2,51)13-9-14-42(8,52)21-10-16-41(7)28(21)22(45)18-26-39(5)15-12-27(38(3,4)25(39)11-17-40(26,41)6)55-36-34(32(49)30(47)24(20-44)54-36)56-35-33(50)31(48)29(46)23(19-43)53-35/h21-36,43-52H,9-20H2,1-8H3/t21-,22+,23+,24+,25-,26+,27?,28-,29+,30+,31-,32-,33+,34+,35-,36-,39-,40+,41+,42+/m0/s1. The Morgan fingerprint density at radius 1 is 0.643 bits per heavy atom. The summed E-state index contributed by atoms with van der Waals surface area (Å²) in [5.41, 5.74) is -2.65. The van der Waals surface area contributed by atoms with E-state index in [4.69, 9.17) is 18.9 Å². The SMILES string of the molecule is CC(C)(O)CCC[C@@](C)(O)[C@H]1CC[C@]2(C)[C@@H]1[C@H](O)C[C@@H]1[C@@]3(C)CCC(O[C@@H]4O[C@H](CO)[C@@H](O)[C@H](O)[C@H]4O[C@@H]4O[C@H](CO)[C@@H](O)[C@H](O)[C@H]4O)C(C)(C)[C@@H]3CC[C@]12C. The Hall–Kier alpha value is -0.560. The van der Waals surface area contributed by atoms with Crippen LogP contribution in [-0.4, -0.2) is 149 Å². The van der Waals surface area contributed by atoms with Crippen molar-refractivity contribution >= 4 is 0 Å². The quantitative estimate of drug-likeness (QED) is 0.133. The van der Waals surface area contributed by atoms with Crippen LogP contribution in [0.15, 0.2) is 0 Å². The topological polar surface area (TPSA) is 239 Å². The summed E-state index contributed by atoms with van der Waals surface area (Å²) in [6.07, 6.45) is -8.63. The second-order valence-electron chi connectivity index (χ2n) is 21.0. The van der Waals surface area contributed by atoms with Gasteiger partial charge in [-0.25, -0.2) is 0 Å². The fraction of sp³-hybridized carbons (Fsp3) is 1.00. The van der Waals surface area contributed by atoms with Gasteiger partial charge in [-0.3, -0.25) is 0 Å². The van der Waals surface area contributed by atoms with Gasteiger partial charge in [0.25, 0.3) is 0 Å². The molecule has 10 N–H and O–H groups in total. The minimum Gasteiger partial charge on any atom is -0.394 e. The van der Waals surface area contributed by atoms with Gasteiger partial charge >= 0.3 is 0 Å². The summed E-state index contributed by atoms with van der Waals surface area (Å²) in [6.45, 7) is 15.7. The minimum atomic E-state index is -1.76. The molecular weight excluding hydrogens is 728 g/mol. The van der Waals surface area contributed by atoms with Crippen molar-refractivity contribution in [3.8, 4) is 0 Å². The third-order valence-electron chi connectivity index (χ3n) is 16.9. The summed E-state index contributed by atoms with van der Waals surface area (Å²) in [5, 5.41) is 108. The van der Waals surface area contributed by atoms with Crippen LogP contribution in [0.3, 0.4) is 0 Å². The molecule has 14 heteroatoms. The first-order valence-corrected chi connectivity index (χ1v) is 21.2. The Bertz CT molecular complexity index is 1350. The Balaban J connectivity index is 1.22. The maximum Gasteiger partial charge on any atom is 0.187 e. The molecule has 4 aliphatic carbocycles. The average Bonchev–Trinajstić information content (AvgIpc) is 3.50. The normalized spacial score (nSPS) is 51.8. The molecule has 0 bridgehead atoms. The van der Waals surface area contributed by atoms with E-state index in [0.29, 0.717) is 32.1 Å². The van der Waals surface area contributed by atoms with Crippen LogP contribution in [0.4, 0.5) is 0 Å². The lowest BCUT2D eigenvalue weighted by Crippen LogP contribution is -2.68. The Kier molecular flexibility index (Phi) is 12.6. The zero-order valence-corrected chi connectivity index (χ0v) is 34.8. The fourth-order valence-electron chi connectivity index (χ4n) is 13.5. The third kappa shape index (κ3) is 7.45. The van der Waals surface area contributed by atoms with Crippen molar-refractivity contribution in [3.05, 3.63) is 0 Å². The number of hydrogen-bond acceptors (Lipinski definition) is 14. The van der Waals surface area contributed by atoms with Crippen molar-refractivity contribution in [1.82, 2.24) is 0 Å². The van der Waals surface area contributed by atoms with Gasteiger partial charge < -0.3 is 70.0 Å². The molecule has 14 nitrogen and oxygen atoms in total. The first-order chi connectivity index (χ1) is 25.9. The van der Waals surface area contributed by atoms with Gasteiger partial charge in [0.2, 0.25) is 0 Å². The molecule has 20 atom stereocenters. The number of ether oxygens (including phenoxy) is 4. The number of aliphatic hydroxyl groups is 10. The average molecular weight is 803 g/mol. The number of hydrogen-bond donors (Lipinski definition) is 10. The first kappa shape index (κ1) is 45.0. The van der Waals surface area contributed by atoms with Gasteiger partial charge in [-0.1, -0.05) is 34.6 Å². The molecule has 0 amide bonds. The molecule has 0 aromatic rings. The lowest BCUT2D eigenvalue weighted by Gasteiger charge is -2.70. The van der Waals surface area contributed by atoms with Gasteiger partial charge in [-0.15, -0.1) is 0 Å². The molecular formula is C42H74O14. The largest absolute Gasteiger partial charge is 0.394 e. The van der Waals surface area contributed by atoms with Crippen LogP contribution in [0.1, 0.15) is 120 Å². The first-order valence-electron chi connectivity index (χ1n) is 21.2. The van der Waals surface area contributed by atoms with Crippen molar-refractivity contribution < 1.29 is 70.0 Å². The van der Waals surface area contributed by atoms with E-state index >= 15 is 0 Å². The number of rotatable bonds is 11. The molecule has 4 saturated carbocycles. The minimum absolute atomic E-state index is 0.0425. The van der Waals surface area contributed by atoms with Crippen LogP contribution < -0.4 is 0 Å². The summed E-state index contributed by atoms with van der Waals surface area (Å²) in [7, 11) is 0. The van der Waals surface area contributed by atoms with Crippen LogP contribution >= 0.6 is 0 Å². The maximum absolute atomic E-state index is 12.2. The predicted octanol–water partition coefficient (Wildman–Crippen LogP) is 1.34. The van der Waals surface area contributed by atoms with E-state index in [0.717, 1.165) is 32.1 Å². The Morgan fingerprint density at radius 2 is 1.23 bits per heavy atom. The molecule has 6 fully saturated rings. The highest BCUT2D eigenvalue weighted by Gasteiger charge is 2.71. The van der Waals surface area contributed by atoms with Gasteiger partial charge in [0, 0.05) is 0 Å². The molecule has 56 heavy (non-hydrogen) atoms. The number of aliphatic hydroxyl groups excluding tert-OH is 8. The van der Waals surface area contributed by atoms with Crippen molar-refractivity contribution in [3.63, 3.8) is 0 Å². The van der Waals surface area contributed by atoms with E-state index in [2.05, 4.69) is 34.6 Å². The molecule has 0 radical (unpaired) electrons. The van der Waals surface area contributed by atoms with Crippen LogP contribution in [0.5, 0.6) is 0 Å². The third-order valence-corrected chi connectivity index (χ3v) is 16.9. The van der Waals surface area contributed by atoms with E-state index < -0.39 is 103 Å². The van der Waals surface area contributed by atoms with Gasteiger partial charge in [0.1, 0.15) is 48.8 Å². The predicted molar refractivity (Wildman–Crippen MR) is 202 cm³/mol. The van der Waals surface area contributed by atoms with E-state index in [1.54, 1.807) is 13.8 Å². The lowest BCUT2D eigenvalue weighted by molar-refractivity contribution is -0.378. The number of fused-ring (bicyclic) bond motifs is 5. The van der Waals surface area contributed by atoms with Gasteiger partial charge in [-0.2, -0.15) is 0 Å². The second-order valence-corrected chi connectivity index (χ2v) is 21.0. The summed E-state index contributed by atoms with van der Waals surface area (Å²) in [6, 6.07) is 0. The zero-order chi connectivity index (χ0) is 41.6. The van der Waals surface area contributed by atoms with Crippen molar-refractivity contribution in [2.24, 2.45) is 45.3 Å². The van der Waals surface area contributed by atoms with E-state index in [-0.39, 0.29) is 39.9 Å². The zero-order valence-electron chi connectivity index (χ0n) is 34.8. The van der Waals surface area contributed by atoms with Crippen LogP contribution in [-0.2, 0) is 18.9 Å². The molecule has 2 aliphatic heterocycles. The van der Waals surface area contributed by atoms with Gasteiger partial charge in [0.05, 0.1) is 36.6 Å². The van der Waals surface area contributed by atoms with Crippen LogP contribution in [0, 0.1) is 45.3 Å². The van der Waals surface area contributed by atoms with E-state index in [1.165, 1.54) is 0 Å². The van der Waals surface area contributed by atoms with E-state index in [9.17, 15) is 51.1 Å². The summed E-state index contributed by atoms with van der Waals surface area (Å²) < 4.78 is 24.3. The molecule has 6 aliphatic rings. The summed E-state index contributed by atoms with van der Waals surface area (Å²) >= 11 is 0. The van der Waals surface area contributed by atoms with Gasteiger partial charge in [-0.05, 0) is 130 Å². The molecule has 2 heterocycles. The maximum atomic E-state index is 12.2. The van der Waals surface area contributed by atoms with Crippen molar-refractivity contribution in [2.75, 3.05) is 13.2 Å². The molecule has 2 saturated heterocycles. The highest BCUT2D eigenvalue weighted by atomic mass is 16.8. The summed E-state index contributed by atoms with van der Waals surface area (Å²) in [4.78, 5) is 0. The molecule has 0 spiro atoms.